The van der Waals surface area contributed by atoms with Crippen molar-refractivity contribution in [3.8, 4) is 0 Å². The number of ether oxygens (including phenoxy) is 1. The summed E-state index contributed by atoms with van der Waals surface area (Å²) in [6.45, 7) is 4.02. The molecule has 0 fully saturated rings. The molecule has 0 radical (unpaired) electrons. The van der Waals surface area contributed by atoms with Gasteiger partial charge in [0.25, 0.3) is 5.91 Å². The second-order valence-corrected chi connectivity index (χ2v) is 5.13. The van der Waals surface area contributed by atoms with Crippen molar-refractivity contribution in [3.63, 3.8) is 0 Å². The summed E-state index contributed by atoms with van der Waals surface area (Å²) < 4.78 is 4.96. The topological polar surface area (TPSA) is 101 Å². The first-order chi connectivity index (χ1) is 9.93. The summed E-state index contributed by atoms with van der Waals surface area (Å²) >= 11 is 0. The monoisotopic (exact) mass is 291 g/mol. The van der Waals surface area contributed by atoms with Gasteiger partial charge in [-0.15, -0.1) is 0 Å². The molecule has 1 aromatic rings. The Morgan fingerprint density at radius 1 is 1.52 bits per heavy atom. The molecule has 2 N–H and O–H groups in total. The minimum Gasteiger partial charge on any atom is -0.478 e. The quantitative estimate of drug-likeness (QED) is 0.836. The van der Waals surface area contributed by atoms with E-state index in [9.17, 15) is 14.7 Å². The highest BCUT2D eigenvalue weighted by Gasteiger charge is 2.31. The number of carbonyl (C=O) groups excluding carboxylic acids is 1. The van der Waals surface area contributed by atoms with Gasteiger partial charge in [-0.3, -0.25) is 14.8 Å². The number of hydrogen-bond donors (Lipinski definition) is 2. The fourth-order valence-electron chi connectivity index (χ4n) is 2.10. The lowest BCUT2D eigenvalue weighted by Gasteiger charge is -2.07. The van der Waals surface area contributed by atoms with Crippen LogP contribution in [0.1, 0.15) is 35.5 Å². The number of aromatic carboxylic acids is 1. The van der Waals surface area contributed by atoms with Gasteiger partial charge in [0, 0.05) is 13.3 Å². The van der Waals surface area contributed by atoms with E-state index in [1.165, 1.54) is 19.4 Å². The molecule has 0 spiro atoms. The zero-order valence-electron chi connectivity index (χ0n) is 12.1. The van der Waals surface area contributed by atoms with E-state index in [1.54, 1.807) is 0 Å². The predicted molar refractivity (Wildman–Crippen MR) is 75.2 cm³/mol. The maximum absolute atomic E-state index is 11.8. The molecule has 1 aliphatic rings. The predicted octanol–water partition coefficient (Wildman–Crippen LogP) is 0.827. The second kappa shape index (κ2) is 6.01. The van der Waals surface area contributed by atoms with E-state index < -0.39 is 12.0 Å². The van der Waals surface area contributed by atoms with Crippen molar-refractivity contribution in [3.05, 3.63) is 29.1 Å². The first-order valence-corrected chi connectivity index (χ1v) is 6.54. The summed E-state index contributed by atoms with van der Waals surface area (Å²) in [5.41, 5.74) is 0.802. The lowest BCUT2D eigenvalue weighted by atomic mass is 10.1. The molecule has 0 bridgehead atoms. The van der Waals surface area contributed by atoms with Crippen LogP contribution >= 0.6 is 0 Å². The van der Waals surface area contributed by atoms with Crippen molar-refractivity contribution < 1.29 is 19.4 Å². The Balaban J connectivity index is 2.42. The molecule has 1 amide bonds. The van der Waals surface area contributed by atoms with Gasteiger partial charge in [-0.05, 0) is 17.5 Å². The van der Waals surface area contributed by atoms with Crippen molar-refractivity contribution >= 4 is 17.7 Å². The molecule has 0 saturated heterocycles. The average molecular weight is 291 g/mol. The summed E-state index contributed by atoms with van der Waals surface area (Å²) in [7, 11) is 1.52. The number of aromatic nitrogens is 1. The van der Waals surface area contributed by atoms with Crippen LogP contribution in [0.4, 0.5) is 0 Å². The van der Waals surface area contributed by atoms with Crippen LogP contribution in [0.15, 0.2) is 17.3 Å². The third kappa shape index (κ3) is 3.08. The molecule has 0 aromatic carbocycles. The third-order valence-corrected chi connectivity index (χ3v) is 3.12. The number of aliphatic imine (C=N–C) groups is 1. The number of amidine groups is 1. The van der Waals surface area contributed by atoms with Crippen LogP contribution in [0.3, 0.4) is 0 Å². The highest BCUT2D eigenvalue weighted by Crippen LogP contribution is 2.17. The van der Waals surface area contributed by atoms with E-state index in [-0.39, 0.29) is 35.5 Å². The average Bonchev–Trinajstić information content (AvgIpc) is 2.81. The fourth-order valence-corrected chi connectivity index (χ4v) is 2.10. The first kappa shape index (κ1) is 15.1. The summed E-state index contributed by atoms with van der Waals surface area (Å²) in [5, 5.41) is 11.9. The van der Waals surface area contributed by atoms with Gasteiger partial charge in [0.2, 0.25) is 0 Å². The van der Waals surface area contributed by atoms with E-state index in [0.717, 1.165) is 0 Å². The number of carboxylic acid groups (broad SMARTS) is 1. The summed E-state index contributed by atoms with van der Waals surface area (Å²) in [5.74, 6) is -1.12. The number of rotatable bonds is 5. The van der Waals surface area contributed by atoms with Crippen molar-refractivity contribution in [1.82, 2.24) is 10.3 Å². The molecule has 0 saturated carbocycles. The van der Waals surface area contributed by atoms with E-state index in [2.05, 4.69) is 15.3 Å². The van der Waals surface area contributed by atoms with Crippen LogP contribution in [-0.4, -0.2) is 41.0 Å². The fraction of sp³-hybridized carbons (Fsp3) is 0.429. The van der Waals surface area contributed by atoms with E-state index >= 15 is 0 Å². The van der Waals surface area contributed by atoms with Crippen LogP contribution in [0.25, 0.3) is 0 Å². The number of hydrogen-bond acceptors (Lipinski definition) is 5. The van der Waals surface area contributed by atoms with Crippen LogP contribution in [-0.2, 0) is 16.1 Å². The molecule has 7 nitrogen and oxygen atoms in total. The molecule has 1 aromatic heterocycles. The van der Waals surface area contributed by atoms with E-state index in [4.69, 9.17) is 4.74 Å². The van der Waals surface area contributed by atoms with E-state index in [0.29, 0.717) is 5.56 Å². The maximum atomic E-state index is 11.8. The Bertz CT molecular complexity index is 610. The smallest absolute Gasteiger partial charge is 0.338 e. The van der Waals surface area contributed by atoms with Crippen molar-refractivity contribution in [2.24, 2.45) is 10.9 Å². The number of nitrogens with zero attached hydrogens (tertiary/aromatic N) is 2. The Kier molecular flexibility index (Phi) is 4.32. The van der Waals surface area contributed by atoms with Gasteiger partial charge in [-0.25, -0.2) is 4.79 Å². The maximum Gasteiger partial charge on any atom is 0.338 e. The molecular weight excluding hydrogens is 274 g/mol. The van der Waals surface area contributed by atoms with Gasteiger partial charge < -0.3 is 15.2 Å². The SMILES string of the molecule is COCc1cnc(C2=NC(C(C)C)C(=O)N2)c(C(=O)O)c1. The Labute approximate surface area is 122 Å². The van der Waals surface area contributed by atoms with E-state index in [1.807, 2.05) is 13.8 Å². The Morgan fingerprint density at radius 3 is 2.76 bits per heavy atom. The minimum absolute atomic E-state index is 0.00648. The molecule has 2 rings (SSSR count). The van der Waals surface area contributed by atoms with Crippen LogP contribution in [0.2, 0.25) is 0 Å². The third-order valence-electron chi connectivity index (χ3n) is 3.12. The van der Waals surface area contributed by atoms with Crippen molar-refractivity contribution in [2.45, 2.75) is 26.5 Å². The van der Waals surface area contributed by atoms with Crippen molar-refractivity contribution in [2.75, 3.05) is 7.11 Å². The van der Waals surface area contributed by atoms with Gasteiger partial charge in [-0.1, -0.05) is 13.8 Å². The molecule has 21 heavy (non-hydrogen) atoms. The number of methoxy groups -OCH3 is 1. The number of amides is 1. The van der Waals surface area contributed by atoms with Crippen LogP contribution in [0.5, 0.6) is 0 Å². The zero-order valence-corrected chi connectivity index (χ0v) is 12.1. The lowest BCUT2D eigenvalue weighted by Crippen LogP contribution is -2.32. The highest BCUT2D eigenvalue weighted by molar-refractivity contribution is 6.16. The molecule has 1 aliphatic heterocycles. The van der Waals surface area contributed by atoms with Gasteiger partial charge in [0.15, 0.2) is 5.84 Å². The standard InChI is InChI=1S/C14H17N3O4/c1-7(2)10-13(18)17-12(16-10)11-9(14(19)20)4-8(5-15-11)6-21-3/h4-5,7,10H,6H2,1-3H3,(H,19,20)(H,16,17,18). The Hall–Kier alpha value is -2.28. The highest BCUT2D eigenvalue weighted by atomic mass is 16.5. The lowest BCUT2D eigenvalue weighted by molar-refractivity contribution is -0.120. The second-order valence-electron chi connectivity index (χ2n) is 5.13. The van der Waals surface area contributed by atoms with Crippen molar-refractivity contribution in [1.29, 1.82) is 0 Å². The molecule has 1 unspecified atom stereocenters. The van der Waals surface area contributed by atoms with Gasteiger partial charge in [0.05, 0.1) is 12.2 Å². The molecular formula is C14H17N3O4. The number of carboxylic acids is 1. The molecule has 7 heteroatoms. The minimum atomic E-state index is -1.12. The molecule has 2 heterocycles. The summed E-state index contributed by atoms with van der Waals surface area (Å²) in [6, 6.07) is 0.966. The zero-order chi connectivity index (χ0) is 15.6. The van der Waals surface area contributed by atoms with Gasteiger partial charge in [0.1, 0.15) is 11.7 Å². The van der Waals surface area contributed by atoms with Crippen LogP contribution in [0, 0.1) is 5.92 Å². The number of pyridine rings is 1. The van der Waals surface area contributed by atoms with Gasteiger partial charge >= 0.3 is 5.97 Å². The van der Waals surface area contributed by atoms with Crippen LogP contribution < -0.4 is 5.32 Å². The summed E-state index contributed by atoms with van der Waals surface area (Å²) in [4.78, 5) is 31.6. The largest absolute Gasteiger partial charge is 0.478 e. The molecule has 112 valence electrons. The number of nitrogens with one attached hydrogen (secondary N) is 1. The van der Waals surface area contributed by atoms with Gasteiger partial charge in [-0.2, -0.15) is 0 Å². The summed E-state index contributed by atoms with van der Waals surface area (Å²) in [6.07, 6.45) is 1.52. The molecule has 1 atom stereocenters. The first-order valence-electron chi connectivity index (χ1n) is 6.54. The molecule has 0 aliphatic carbocycles. The number of carbonyl (C=O) groups is 2. The Morgan fingerprint density at radius 2 is 2.24 bits per heavy atom. The normalized spacial score (nSPS) is 17.8.